The van der Waals surface area contributed by atoms with Gasteiger partial charge in [-0.3, -0.25) is 19.2 Å². The van der Waals surface area contributed by atoms with Gasteiger partial charge in [-0.1, -0.05) is 0 Å². The number of rotatable bonds is 4. The topological polar surface area (TPSA) is 103 Å². The number of piperazine rings is 1. The number of amides is 3. The van der Waals surface area contributed by atoms with Crippen molar-refractivity contribution in [3.05, 3.63) is 46.0 Å². The van der Waals surface area contributed by atoms with Crippen LogP contribution in [0.4, 0.5) is 4.39 Å². The standard InChI is InChI=1S/C19H21FN4O4/c1-12(25)23-6-8-24(9-7-23)17(26)4-5-21-18(27)15-10-13-2-3-14(20)11-16(13)22-19(15)28/h2-3,10-11H,4-9H2,1H3,(H,21,27)(H,22,28). The van der Waals surface area contributed by atoms with Gasteiger partial charge in [-0.25, -0.2) is 4.39 Å². The van der Waals surface area contributed by atoms with E-state index in [1.807, 2.05) is 0 Å². The molecule has 2 aromatic rings. The smallest absolute Gasteiger partial charge is 0.261 e. The Morgan fingerprint density at radius 1 is 1.11 bits per heavy atom. The molecule has 9 heteroatoms. The maximum Gasteiger partial charge on any atom is 0.261 e. The second-order valence-electron chi connectivity index (χ2n) is 6.64. The normalized spacial score (nSPS) is 14.2. The van der Waals surface area contributed by atoms with Crippen LogP contribution in [0, 0.1) is 5.82 Å². The van der Waals surface area contributed by atoms with Crippen LogP contribution in [0.2, 0.25) is 0 Å². The van der Waals surface area contributed by atoms with Crippen molar-refractivity contribution in [3.8, 4) is 0 Å². The van der Waals surface area contributed by atoms with Gasteiger partial charge in [0, 0.05) is 46.1 Å². The molecule has 0 unspecified atom stereocenters. The van der Waals surface area contributed by atoms with Crippen molar-refractivity contribution in [1.29, 1.82) is 0 Å². The van der Waals surface area contributed by atoms with Gasteiger partial charge in [-0.05, 0) is 29.7 Å². The number of carbonyl (C=O) groups excluding carboxylic acids is 3. The first-order chi connectivity index (χ1) is 13.3. The highest BCUT2D eigenvalue weighted by Crippen LogP contribution is 2.12. The van der Waals surface area contributed by atoms with Crippen LogP contribution in [-0.4, -0.2) is 65.2 Å². The van der Waals surface area contributed by atoms with Gasteiger partial charge in [0.2, 0.25) is 11.8 Å². The first-order valence-electron chi connectivity index (χ1n) is 8.99. The second-order valence-corrected chi connectivity index (χ2v) is 6.64. The molecule has 2 heterocycles. The summed E-state index contributed by atoms with van der Waals surface area (Å²) in [5.41, 5.74) is -0.412. The molecular formula is C19H21FN4O4. The molecule has 3 rings (SSSR count). The van der Waals surface area contributed by atoms with Crippen molar-refractivity contribution in [3.63, 3.8) is 0 Å². The summed E-state index contributed by atoms with van der Waals surface area (Å²) in [5.74, 6) is -1.21. The van der Waals surface area contributed by atoms with E-state index >= 15 is 0 Å². The van der Waals surface area contributed by atoms with Crippen molar-refractivity contribution in [2.75, 3.05) is 32.7 Å². The quantitative estimate of drug-likeness (QED) is 0.795. The molecule has 0 aliphatic carbocycles. The highest BCUT2D eigenvalue weighted by Gasteiger charge is 2.22. The number of carbonyl (C=O) groups is 3. The Balaban J connectivity index is 1.54. The lowest BCUT2D eigenvalue weighted by atomic mass is 10.1. The lowest BCUT2D eigenvalue weighted by molar-refractivity contribution is -0.138. The molecule has 1 aromatic heterocycles. The third kappa shape index (κ3) is 4.36. The summed E-state index contributed by atoms with van der Waals surface area (Å²) in [6.07, 6.45) is 0.0997. The Morgan fingerprint density at radius 2 is 1.79 bits per heavy atom. The molecule has 1 aliphatic rings. The summed E-state index contributed by atoms with van der Waals surface area (Å²) in [4.78, 5) is 53.7. The molecule has 0 saturated carbocycles. The molecule has 148 valence electrons. The molecule has 8 nitrogen and oxygen atoms in total. The fraction of sp³-hybridized carbons (Fsp3) is 0.368. The van der Waals surface area contributed by atoms with Gasteiger partial charge in [-0.15, -0.1) is 0 Å². The van der Waals surface area contributed by atoms with Gasteiger partial charge in [0.15, 0.2) is 0 Å². The summed E-state index contributed by atoms with van der Waals surface area (Å²) >= 11 is 0. The van der Waals surface area contributed by atoms with E-state index in [-0.39, 0.29) is 30.3 Å². The largest absolute Gasteiger partial charge is 0.351 e. The molecule has 1 saturated heterocycles. The minimum atomic E-state index is -0.623. The number of benzene rings is 1. The van der Waals surface area contributed by atoms with E-state index in [4.69, 9.17) is 0 Å². The highest BCUT2D eigenvalue weighted by molar-refractivity contribution is 5.97. The average molecular weight is 388 g/mol. The fourth-order valence-corrected chi connectivity index (χ4v) is 3.15. The van der Waals surface area contributed by atoms with Gasteiger partial charge in [0.1, 0.15) is 11.4 Å². The van der Waals surface area contributed by atoms with Crippen molar-refractivity contribution < 1.29 is 18.8 Å². The van der Waals surface area contributed by atoms with E-state index in [0.717, 1.165) is 0 Å². The Morgan fingerprint density at radius 3 is 2.46 bits per heavy atom. The number of hydrogen-bond donors (Lipinski definition) is 2. The Hall–Kier alpha value is -3.23. The van der Waals surface area contributed by atoms with E-state index < -0.39 is 17.3 Å². The molecule has 1 fully saturated rings. The van der Waals surface area contributed by atoms with E-state index in [2.05, 4.69) is 10.3 Å². The van der Waals surface area contributed by atoms with Crippen LogP contribution in [0.15, 0.2) is 29.1 Å². The van der Waals surface area contributed by atoms with Crippen LogP contribution in [0.1, 0.15) is 23.7 Å². The Bertz CT molecular complexity index is 980. The van der Waals surface area contributed by atoms with Gasteiger partial charge in [0.05, 0.1) is 5.52 Å². The van der Waals surface area contributed by atoms with Crippen LogP contribution < -0.4 is 10.9 Å². The maximum atomic E-state index is 13.2. The number of aromatic nitrogens is 1. The predicted molar refractivity (Wildman–Crippen MR) is 100 cm³/mol. The van der Waals surface area contributed by atoms with Crippen molar-refractivity contribution in [2.24, 2.45) is 0 Å². The summed E-state index contributed by atoms with van der Waals surface area (Å²) in [5, 5.41) is 3.10. The molecule has 0 atom stereocenters. The monoisotopic (exact) mass is 388 g/mol. The van der Waals surface area contributed by atoms with Crippen LogP contribution >= 0.6 is 0 Å². The SMILES string of the molecule is CC(=O)N1CCN(C(=O)CCNC(=O)c2cc3ccc(F)cc3[nH]c2=O)CC1. The summed E-state index contributed by atoms with van der Waals surface area (Å²) in [7, 11) is 0. The van der Waals surface area contributed by atoms with Crippen LogP contribution in [0.3, 0.4) is 0 Å². The molecule has 0 radical (unpaired) electrons. The van der Waals surface area contributed by atoms with Gasteiger partial charge in [-0.2, -0.15) is 0 Å². The van der Waals surface area contributed by atoms with Crippen LogP contribution in [0.5, 0.6) is 0 Å². The number of fused-ring (bicyclic) bond motifs is 1. The van der Waals surface area contributed by atoms with Crippen LogP contribution in [-0.2, 0) is 9.59 Å². The highest BCUT2D eigenvalue weighted by atomic mass is 19.1. The van der Waals surface area contributed by atoms with E-state index in [1.54, 1.807) is 9.80 Å². The third-order valence-electron chi connectivity index (χ3n) is 4.75. The molecule has 1 aliphatic heterocycles. The summed E-state index contributed by atoms with van der Waals surface area (Å²) < 4.78 is 13.2. The van der Waals surface area contributed by atoms with Crippen molar-refractivity contribution >= 4 is 28.6 Å². The molecule has 1 aromatic carbocycles. The lowest BCUT2D eigenvalue weighted by Gasteiger charge is -2.34. The van der Waals surface area contributed by atoms with Crippen molar-refractivity contribution in [2.45, 2.75) is 13.3 Å². The number of pyridine rings is 1. The van der Waals surface area contributed by atoms with Gasteiger partial charge < -0.3 is 20.1 Å². The first kappa shape index (κ1) is 19.5. The zero-order valence-electron chi connectivity index (χ0n) is 15.5. The number of hydrogen-bond acceptors (Lipinski definition) is 4. The minimum absolute atomic E-state index is 0.0114. The second kappa shape index (κ2) is 8.20. The van der Waals surface area contributed by atoms with Crippen molar-refractivity contribution in [1.82, 2.24) is 20.1 Å². The predicted octanol–water partition coefficient (Wildman–Crippen LogP) is 0.478. The van der Waals surface area contributed by atoms with E-state index in [0.29, 0.717) is 37.1 Å². The third-order valence-corrected chi connectivity index (χ3v) is 4.75. The first-order valence-corrected chi connectivity index (χ1v) is 8.99. The van der Waals surface area contributed by atoms with E-state index in [1.165, 1.54) is 31.2 Å². The minimum Gasteiger partial charge on any atom is -0.351 e. The molecular weight excluding hydrogens is 367 g/mol. The lowest BCUT2D eigenvalue weighted by Crippen LogP contribution is -2.50. The molecule has 3 amide bonds. The van der Waals surface area contributed by atoms with Gasteiger partial charge in [0.25, 0.3) is 11.5 Å². The molecule has 28 heavy (non-hydrogen) atoms. The number of nitrogens with one attached hydrogen (secondary N) is 2. The fourth-order valence-electron chi connectivity index (χ4n) is 3.15. The molecule has 0 bridgehead atoms. The zero-order chi connectivity index (χ0) is 20.3. The number of halogens is 1. The van der Waals surface area contributed by atoms with E-state index in [9.17, 15) is 23.6 Å². The zero-order valence-corrected chi connectivity index (χ0v) is 15.5. The molecule has 0 spiro atoms. The Labute approximate surface area is 160 Å². The summed E-state index contributed by atoms with van der Waals surface area (Å²) in [6, 6.07) is 5.29. The van der Waals surface area contributed by atoms with Crippen LogP contribution in [0.25, 0.3) is 10.9 Å². The molecule has 2 N–H and O–H groups in total. The number of aromatic amines is 1. The average Bonchev–Trinajstić information content (AvgIpc) is 2.67. The number of H-pyrrole nitrogens is 1. The summed E-state index contributed by atoms with van der Waals surface area (Å²) in [6.45, 7) is 3.52. The maximum absolute atomic E-state index is 13.2. The Kier molecular flexibility index (Phi) is 5.72. The van der Waals surface area contributed by atoms with Gasteiger partial charge >= 0.3 is 0 Å². The number of nitrogens with zero attached hydrogens (tertiary/aromatic N) is 2.